The van der Waals surface area contributed by atoms with E-state index in [2.05, 4.69) is 41.9 Å². The fraction of sp³-hybridized carbons (Fsp3) is 0.333. The molecule has 0 aliphatic heterocycles. The van der Waals surface area contributed by atoms with Gasteiger partial charge >= 0.3 is 0 Å². The first-order valence-electron chi connectivity index (χ1n) is 8.59. The summed E-state index contributed by atoms with van der Waals surface area (Å²) in [6, 6.07) is 10.7. The van der Waals surface area contributed by atoms with Crippen LogP contribution in [0.1, 0.15) is 40.9 Å². The van der Waals surface area contributed by atoms with Crippen molar-refractivity contribution in [2.75, 3.05) is 0 Å². The zero-order valence-electron chi connectivity index (χ0n) is 15.2. The molecule has 2 aromatic rings. The lowest BCUT2D eigenvalue weighted by Crippen LogP contribution is -2.26. The summed E-state index contributed by atoms with van der Waals surface area (Å²) in [6.45, 7) is 8.23. The van der Waals surface area contributed by atoms with E-state index >= 15 is 0 Å². The van der Waals surface area contributed by atoms with E-state index in [1.165, 1.54) is 11.1 Å². The number of aromatic nitrogens is 1. The van der Waals surface area contributed by atoms with Crippen molar-refractivity contribution in [2.45, 2.75) is 46.6 Å². The maximum absolute atomic E-state index is 12.2. The number of benzene rings is 1. The topological polar surface area (TPSA) is 57.8 Å². The molecule has 1 heterocycles. The summed E-state index contributed by atoms with van der Waals surface area (Å²) >= 11 is 0. The highest BCUT2D eigenvalue weighted by Gasteiger charge is 2.25. The van der Waals surface area contributed by atoms with Gasteiger partial charge in [-0.15, -0.1) is 0 Å². The third kappa shape index (κ3) is 3.66. The van der Waals surface area contributed by atoms with E-state index in [1.807, 2.05) is 26.0 Å². The zero-order valence-corrected chi connectivity index (χ0v) is 15.2. The maximum Gasteiger partial charge on any atom is 0.262 e. The van der Waals surface area contributed by atoms with E-state index in [1.54, 1.807) is 6.08 Å². The Morgan fingerprint density at radius 1 is 1.16 bits per heavy atom. The van der Waals surface area contributed by atoms with Gasteiger partial charge in [-0.2, -0.15) is 5.26 Å². The zero-order chi connectivity index (χ0) is 18.1. The van der Waals surface area contributed by atoms with Crippen LogP contribution in [0.3, 0.4) is 0 Å². The predicted octanol–water partition coefficient (Wildman–Crippen LogP) is 3.90. The summed E-state index contributed by atoms with van der Waals surface area (Å²) in [7, 11) is 0. The summed E-state index contributed by atoms with van der Waals surface area (Å²) in [6.07, 6.45) is 3.70. The molecule has 1 N–H and O–H groups in total. The second-order valence-electron chi connectivity index (χ2n) is 6.93. The predicted molar refractivity (Wildman–Crippen MR) is 99.5 cm³/mol. The molecule has 1 saturated carbocycles. The lowest BCUT2D eigenvalue weighted by atomic mass is 10.1. The van der Waals surface area contributed by atoms with Crippen LogP contribution in [0, 0.1) is 39.0 Å². The van der Waals surface area contributed by atoms with Crippen LogP contribution in [-0.2, 0) is 4.79 Å². The lowest BCUT2D eigenvalue weighted by Gasteiger charge is -2.12. The summed E-state index contributed by atoms with van der Waals surface area (Å²) < 4.78 is 2.17. The number of nitrogens with one attached hydrogen (secondary N) is 1. The van der Waals surface area contributed by atoms with Gasteiger partial charge in [0.1, 0.15) is 11.6 Å². The molecule has 25 heavy (non-hydrogen) atoms. The number of amides is 1. The molecule has 0 atom stereocenters. The number of nitriles is 1. The summed E-state index contributed by atoms with van der Waals surface area (Å²) in [5.74, 6) is -0.277. The van der Waals surface area contributed by atoms with Crippen LogP contribution < -0.4 is 5.32 Å². The van der Waals surface area contributed by atoms with Crippen LogP contribution >= 0.6 is 0 Å². The highest BCUT2D eigenvalue weighted by Crippen LogP contribution is 2.25. The molecule has 4 heteroatoms. The molecule has 3 rings (SSSR count). The third-order valence-electron chi connectivity index (χ3n) is 4.51. The number of nitrogens with zero attached hydrogens (tertiary/aromatic N) is 2. The number of hydrogen-bond acceptors (Lipinski definition) is 2. The van der Waals surface area contributed by atoms with Gasteiger partial charge in [-0.05, 0) is 81.5 Å². The summed E-state index contributed by atoms with van der Waals surface area (Å²) in [5, 5.41) is 12.2. The maximum atomic E-state index is 12.2. The van der Waals surface area contributed by atoms with Gasteiger partial charge in [-0.1, -0.05) is 6.07 Å². The van der Waals surface area contributed by atoms with E-state index < -0.39 is 0 Å². The van der Waals surface area contributed by atoms with E-state index in [4.69, 9.17) is 0 Å². The van der Waals surface area contributed by atoms with E-state index in [9.17, 15) is 10.1 Å². The Kier molecular flexibility index (Phi) is 4.50. The van der Waals surface area contributed by atoms with Crippen LogP contribution in [0.15, 0.2) is 29.8 Å². The number of rotatable bonds is 4. The van der Waals surface area contributed by atoms with Gasteiger partial charge in [0.25, 0.3) is 5.91 Å². The molecular weight excluding hydrogens is 310 g/mol. The second kappa shape index (κ2) is 6.60. The first-order chi connectivity index (χ1) is 11.9. The molecule has 0 radical (unpaired) electrons. The van der Waals surface area contributed by atoms with Crippen molar-refractivity contribution in [1.82, 2.24) is 9.88 Å². The highest BCUT2D eigenvalue weighted by atomic mass is 16.1. The van der Waals surface area contributed by atoms with E-state index in [0.29, 0.717) is 0 Å². The van der Waals surface area contributed by atoms with Gasteiger partial charge in [0.15, 0.2) is 0 Å². The van der Waals surface area contributed by atoms with Gasteiger partial charge in [0, 0.05) is 23.1 Å². The molecule has 1 aliphatic rings. The van der Waals surface area contributed by atoms with Gasteiger partial charge in [0.2, 0.25) is 0 Å². The minimum atomic E-state index is -0.277. The summed E-state index contributed by atoms with van der Waals surface area (Å²) in [4.78, 5) is 12.2. The Labute approximate surface area is 148 Å². The van der Waals surface area contributed by atoms with Crippen LogP contribution in [-0.4, -0.2) is 16.5 Å². The van der Waals surface area contributed by atoms with Crippen molar-refractivity contribution in [3.05, 3.63) is 57.9 Å². The largest absolute Gasteiger partial charge is 0.349 e. The molecule has 128 valence electrons. The molecule has 1 fully saturated rings. The molecule has 1 aliphatic carbocycles. The normalized spacial score (nSPS) is 14.3. The fourth-order valence-corrected chi connectivity index (χ4v) is 3.21. The van der Waals surface area contributed by atoms with Crippen molar-refractivity contribution >= 4 is 12.0 Å². The first-order valence-corrected chi connectivity index (χ1v) is 8.59. The van der Waals surface area contributed by atoms with Crippen LogP contribution in [0.5, 0.6) is 0 Å². The molecule has 0 bridgehead atoms. The standard InChI is InChI=1S/C21H23N3O/c1-13-7-14(2)9-20(8-13)24-15(3)10-17(16(24)4)11-18(12-22)21(25)23-19-5-6-19/h7-11,19H,5-6H2,1-4H3,(H,23,25)/b18-11+. The first kappa shape index (κ1) is 17.0. The fourth-order valence-electron chi connectivity index (χ4n) is 3.21. The molecule has 1 aromatic carbocycles. The third-order valence-corrected chi connectivity index (χ3v) is 4.51. The van der Waals surface area contributed by atoms with E-state index in [-0.39, 0.29) is 17.5 Å². The van der Waals surface area contributed by atoms with Gasteiger partial charge in [-0.3, -0.25) is 4.79 Å². The van der Waals surface area contributed by atoms with Crippen LogP contribution in [0.25, 0.3) is 11.8 Å². The number of carbonyl (C=O) groups is 1. The molecule has 0 unspecified atom stereocenters. The quantitative estimate of drug-likeness (QED) is 0.681. The van der Waals surface area contributed by atoms with Crippen molar-refractivity contribution in [1.29, 1.82) is 5.26 Å². The Bertz CT molecular complexity index is 888. The average molecular weight is 333 g/mol. The number of carbonyl (C=O) groups excluding carboxylic acids is 1. The smallest absolute Gasteiger partial charge is 0.262 e. The van der Waals surface area contributed by atoms with Gasteiger partial charge in [-0.25, -0.2) is 0 Å². The molecule has 0 saturated heterocycles. The average Bonchev–Trinajstić information content (AvgIpc) is 3.29. The highest BCUT2D eigenvalue weighted by molar-refractivity contribution is 6.02. The Morgan fingerprint density at radius 2 is 1.80 bits per heavy atom. The molecule has 1 aromatic heterocycles. The Balaban J connectivity index is 2.00. The molecule has 4 nitrogen and oxygen atoms in total. The van der Waals surface area contributed by atoms with Crippen LogP contribution in [0.4, 0.5) is 0 Å². The monoisotopic (exact) mass is 333 g/mol. The van der Waals surface area contributed by atoms with Crippen molar-refractivity contribution in [2.24, 2.45) is 0 Å². The Morgan fingerprint density at radius 3 is 2.36 bits per heavy atom. The second-order valence-corrected chi connectivity index (χ2v) is 6.93. The van der Waals surface area contributed by atoms with Gasteiger partial charge in [0.05, 0.1) is 0 Å². The van der Waals surface area contributed by atoms with Gasteiger partial charge < -0.3 is 9.88 Å². The molecule has 0 spiro atoms. The molecule has 1 amide bonds. The SMILES string of the molecule is Cc1cc(C)cc(-n2c(C)cc(/C=C(\C#N)C(=O)NC3CC3)c2C)c1. The van der Waals surface area contributed by atoms with Crippen molar-refractivity contribution < 1.29 is 4.79 Å². The van der Waals surface area contributed by atoms with Crippen molar-refractivity contribution in [3.63, 3.8) is 0 Å². The minimum absolute atomic E-state index is 0.160. The minimum Gasteiger partial charge on any atom is -0.349 e. The molecular formula is C21H23N3O. The number of hydrogen-bond donors (Lipinski definition) is 1. The van der Waals surface area contributed by atoms with E-state index in [0.717, 1.165) is 35.5 Å². The summed E-state index contributed by atoms with van der Waals surface area (Å²) in [5.41, 5.74) is 6.69. The Hall–Kier alpha value is -2.80. The lowest BCUT2D eigenvalue weighted by molar-refractivity contribution is -0.117. The number of aryl methyl sites for hydroxylation is 3. The van der Waals surface area contributed by atoms with Crippen LogP contribution in [0.2, 0.25) is 0 Å². The van der Waals surface area contributed by atoms with Crippen molar-refractivity contribution in [3.8, 4) is 11.8 Å².